The van der Waals surface area contributed by atoms with E-state index in [4.69, 9.17) is 10.5 Å². The number of amides is 1. The molecule has 1 aromatic rings. The van der Waals surface area contributed by atoms with Gasteiger partial charge >= 0.3 is 5.97 Å². The number of nitrogens with one attached hydrogen (secondary N) is 1. The highest BCUT2D eigenvalue weighted by molar-refractivity contribution is 5.91. The van der Waals surface area contributed by atoms with E-state index >= 15 is 0 Å². The summed E-state index contributed by atoms with van der Waals surface area (Å²) in [4.78, 5) is 23.1. The Balaban J connectivity index is 2.47. The number of hydrogen-bond donors (Lipinski definition) is 2. The highest BCUT2D eigenvalue weighted by atomic mass is 16.5. The molecule has 100 valence electrons. The largest absolute Gasteiger partial charge is 0.451 e. The second kappa shape index (κ2) is 6.09. The number of carbonyl (C=O) groups is 2. The molecule has 6 heteroatoms. The second-order valence-electron chi connectivity index (χ2n) is 4.22. The van der Waals surface area contributed by atoms with E-state index in [0.29, 0.717) is 11.4 Å². The van der Waals surface area contributed by atoms with Gasteiger partial charge in [-0.3, -0.25) is 4.79 Å². The number of nitrogens with two attached hydrogens (primary N) is 1. The first-order chi connectivity index (χ1) is 8.43. The minimum Gasteiger partial charge on any atom is -0.451 e. The molecule has 1 aromatic heterocycles. The number of aromatic nitrogens is 1. The highest BCUT2D eigenvalue weighted by Crippen LogP contribution is 2.09. The number of aryl methyl sites for hydroxylation is 1. The van der Waals surface area contributed by atoms with E-state index in [2.05, 4.69) is 5.32 Å². The Hall–Kier alpha value is -1.98. The van der Waals surface area contributed by atoms with E-state index < -0.39 is 5.97 Å². The lowest BCUT2D eigenvalue weighted by molar-refractivity contribution is -0.124. The third-order valence-corrected chi connectivity index (χ3v) is 2.59. The SMILES string of the molecule is CCC(C)NC(=O)COC(=O)c1cc(N)cn1C. The molecule has 6 nitrogen and oxygen atoms in total. The Labute approximate surface area is 106 Å². The molecule has 0 fully saturated rings. The monoisotopic (exact) mass is 253 g/mol. The summed E-state index contributed by atoms with van der Waals surface area (Å²) in [7, 11) is 1.69. The number of nitrogen functional groups attached to an aromatic ring is 1. The molecule has 0 bridgehead atoms. The maximum absolute atomic E-state index is 11.7. The fourth-order valence-corrected chi connectivity index (χ4v) is 1.42. The Morgan fingerprint density at radius 2 is 2.22 bits per heavy atom. The van der Waals surface area contributed by atoms with Crippen LogP contribution in [0, 0.1) is 0 Å². The Kier molecular flexibility index (Phi) is 4.76. The van der Waals surface area contributed by atoms with Crippen LogP contribution in [0.2, 0.25) is 0 Å². The number of ether oxygens (including phenoxy) is 1. The normalized spacial score (nSPS) is 11.9. The molecule has 0 aliphatic carbocycles. The van der Waals surface area contributed by atoms with Crippen molar-refractivity contribution in [2.45, 2.75) is 26.3 Å². The smallest absolute Gasteiger partial charge is 0.355 e. The third kappa shape index (κ3) is 3.80. The molecule has 1 atom stereocenters. The standard InChI is InChI=1S/C12H19N3O3/c1-4-8(2)14-11(16)7-18-12(17)10-5-9(13)6-15(10)3/h5-6,8H,4,7,13H2,1-3H3,(H,14,16). The van der Waals surface area contributed by atoms with Gasteiger partial charge in [-0.1, -0.05) is 6.92 Å². The molecule has 0 saturated heterocycles. The minimum absolute atomic E-state index is 0.0712. The van der Waals surface area contributed by atoms with Crippen molar-refractivity contribution in [1.29, 1.82) is 0 Å². The zero-order valence-corrected chi connectivity index (χ0v) is 10.9. The van der Waals surface area contributed by atoms with Crippen molar-refractivity contribution in [2.75, 3.05) is 12.3 Å². The van der Waals surface area contributed by atoms with Gasteiger partial charge in [-0.05, 0) is 19.4 Å². The van der Waals surface area contributed by atoms with E-state index in [9.17, 15) is 9.59 Å². The summed E-state index contributed by atoms with van der Waals surface area (Å²) in [5.74, 6) is -0.867. The zero-order valence-electron chi connectivity index (χ0n) is 10.9. The van der Waals surface area contributed by atoms with Gasteiger partial charge in [0.05, 0.1) is 5.69 Å². The molecule has 1 rings (SSSR count). The van der Waals surface area contributed by atoms with Gasteiger partial charge < -0.3 is 20.4 Å². The summed E-state index contributed by atoms with van der Waals surface area (Å²) >= 11 is 0. The van der Waals surface area contributed by atoms with Crippen molar-refractivity contribution in [3.8, 4) is 0 Å². The molecule has 3 N–H and O–H groups in total. The fraction of sp³-hybridized carbons (Fsp3) is 0.500. The fourth-order valence-electron chi connectivity index (χ4n) is 1.42. The number of anilines is 1. The molecule has 0 saturated carbocycles. The van der Waals surface area contributed by atoms with E-state index in [-0.39, 0.29) is 18.6 Å². The first kappa shape index (κ1) is 14.1. The van der Waals surface area contributed by atoms with Gasteiger partial charge in [-0.15, -0.1) is 0 Å². The van der Waals surface area contributed by atoms with Crippen LogP contribution in [0.4, 0.5) is 5.69 Å². The zero-order chi connectivity index (χ0) is 13.7. The minimum atomic E-state index is -0.562. The average molecular weight is 253 g/mol. The van der Waals surface area contributed by atoms with Crippen molar-refractivity contribution >= 4 is 17.6 Å². The lowest BCUT2D eigenvalue weighted by atomic mass is 10.2. The predicted molar refractivity (Wildman–Crippen MR) is 68.0 cm³/mol. The molecule has 1 heterocycles. The van der Waals surface area contributed by atoms with Crippen molar-refractivity contribution in [3.05, 3.63) is 18.0 Å². The van der Waals surface area contributed by atoms with Gasteiger partial charge in [-0.25, -0.2) is 4.79 Å². The molecule has 1 amide bonds. The lowest BCUT2D eigenvalue weighted by Gasteiger charge is -2.11. The van der Waals surface area contributed by atoms with Crippen molar-refractivity contribution in [3.63, 3.8) is 0 Å². The molecular formula is C12H19N3O3. The van der Waals surface area contributed by atoms with Crippen LogP contribution in [-0.2, 0) is 16.6 Å². The molecule has 1 unspecified atom stereocenters. The highest BCUT2D eigenvalue weighted by Gasteiger charge is 2.14. The summed E-state index contributed by atoms with van der Waals surface area (Å²) in [6, 6.07) is 1.58. The van der Waals surface area contributed by atoms with E-state index in [1.807, 2.05) is 13.8 Å². The van der Waals surface area contributed by atoms with Gasteiger partial charge in [-0.2, -0.15) is 0 Å². The first-order valence-electron chi connectivity index (χ1n) is 5.82. The molecular weight excluding hydrogens is 234 g/mol. The van der Waals surface area contributed by atoms with Crippen LogP contribution in [0.25, 0.3) is 0 Å². The summed E-state index contributed by atoms with van der Waals surface area (Å²) in [5, 5.41) is 2.71. The predicted octanol–water partition coefficient (Wildman–Crippen LogP) is 0.679. The summed E-state index contributed by atoms with van der Waals surface area (Å²) < 4.78 is 6.46. The number of carbonyl (C=O) groups excluding carboxylic acids is 2. The van der Waals surface area contributed by atoms with E-state index in [1.54, 1.807) is 17.8 Å². The van der Waals surface area contributed by atoms with E-state index in [0.717, 1.165) is 6.42 Å². The van der Waals surface area contributed by atoms with Gasteiger partial charge in [0.25, 0.3) is 5.91 Å². The van der Waals surface area contributed by atoms with Crippen molar-refractivity contribution < 1.29 is 14.3 Å². The Morgan fingerprint density at radius 1 is 1.56 bits per heavy atom. The van der Waals surface area contributed by atoms with Gasteiger partial charge in [0.15, 0.2) is 6.61 Å². The van der Waals surface area contributed by atoms with Gasteiger partial charge in [0.2, 0.25) is 0 Å². The maximum Gasteiger partial charge on any atom is 0.355 e. The number of esters is 1. The number of nitrogens with zero attached hydrogens (tertiary/aromatic N) is 1. The quantitative estimate of drug-likeness (QED) is 0.755. The molecule has 0 aromatic carbocycles. The third-order valence-electron chi connectivity index (χ3n) is 2.59. The van der Waals surface area contributed by atoms with Gasteiger partial charge in [0.1, 0.15) is 5.69 Å². The Bertz CT molecular complexity index is 440. The maximum atomic E-state index is 11.7. The number of hydrogen-bond acceptors (Lipinski definition) is 4. The van der Waals surface area contributed by atoms with E-state index in [1.165, 1.54) is 6.07 Å². The first-order valence-corrected chi connectivity index (χ1v) is 5.82. The van der Waals surface area contributed by atoms with Crippen LogP contribution < -0.4 is 11.1 Å². The topological polar surface area (TPSA) is 86.3 Å². The van der Waals surface area contributed by atoms with Crippen LogP contribution in [0.1, 0.15) is 30.8 Å². The molecule has 0 spiro atoms. The van der Waals surface area contributed by atoms with Crippen LogP contribution >= 0.6 is 0 Å². The van der Waals surface area contributed by atoms with Crippen LogP contribution in [0.15, 0.2) is 12.3 Å². The molecule has 0 aliphatic heterocycles. The molecule has 18 heavy (non-hydrogen) atoms. The van der Waals surface area contributed by atoms with Crippen LogP contribution in [0.5, 0.6) is 0 Å². The average Bonchev–Trinajstić information content (AvgIpc) is 2.65. The van der Waals surface area contributed by atoms with Crippen LogP contribution in [-0.4, -0.2) is 29.1 Å². The summed E-state index contributed by atoms with van der Waals surface area (Å²) in [6.07, 6.45) is 2.43. The Morgan fingerprint density at radius 3 is 2.72 bits per heavy atom. The van der Waals surface area contributed by atoms with Gasteiger partial charge in [0, 0.05) is 19.3 Å². The van der Waals surface area contributed by atoms with Crippen LogP contribution in [0.3, 0.4) is 0 Å². The lowest BCUT2D eigenvalue weighted by Crippen LogP contribution is -2.35. The molecule has 0 aliphatic rings. The summed E-state index contributed by atoms with van der Waals surface area (Å²) in [6.45, 7) is 3.57. The van der Waals surface area contributed by atoms with Crippen molar-refractivity contribution in [2.24, 2.45) is 7.05 Å². The summed E-state index contributed by atoms with van der Waals surface area (Å²) in [5.41, 5.74) is 6.35. The second-order valence-corrected chi connectivity index (χ2v) is 4.22. The number of rotatable bonds is 5. The van der Waals surface area contributed by atoms with Crippen molar-refractivity contribution in [1.82, 2.24) is 9.88 Å². The molecule has 0 radical (unpaired) electrons.